The average Bonchev–Trinajstić information content (AvgIpc) is 2.84. The van der Waals surface area contributed by atoms with Gasteiger partial charge < -0.3 is 10.3 Å². The van der Waals surface area contributed by atoms with Crippen LogP contribution in [0.15, 0.2) is 30.3 Å². The van der Waals surface area contributed by atoms with Gasteiger partial charge in [-0.3, -0.25) is 4.79 Å². The fourth-order valence-corrected chi connectivity index (χ4v) is 2.46. The zero-order chi connectivity index (χ0) is 14.5. The van der Waals surface area contributed by atoms with E-state index in [1.807, 2.05) is 26.0 Å². The van der Waals surface area contributed by atoms with Crippen LogP contribution in [0.1, 0.15) is 32.9 Å². The lowest BCUT2D eigenvalue weighted by atomic mass is 9.98. The molecular weight excluding hydrogens is 248 g/mol. The molecular formula is C17H24N2O. The molecule has 3 heteroatoms. The van der Waals surface area contributed by atoms with E-state index in [2.05, 4.69) is 35.4 Å². The highest BCUT2D eigenvalue weighted by Crippen LogP contribution is 2.16. The predicted molar refractivity (Wildman–Crippen MR) is 83.9 cm³/mol. The van der Waals surface area contributed by atoms with E-state index in [1.165, 1.54) is 5.39 Å². The maximum absolute atomic E-state index is 12.3. The highest BCUT2D eigenvalue weighted by Gasteiger charge is 2.21. The lowest BCUT2D eigenvalue weighted by Gasteiger charge is -2.18. The van der Waals surface area contributed by atoms with Crippen molar-refractivity contribution in [3.8, 4) is 0 Å². The zero-order valence-corrected chi connectivity index (χ0v) is 12.6. The molecule has 0 aliphatic heterocycles. The summed E-state index contributed by atoms with van der Waals surface area (Å²) in [7, 11) is 0. The van der Waals surface area contributed by atoms with E-state index in [-0.39, 0.29) is 17.7 Å². The van der Waals surface area contributed by atoms with E-state index in [1.54, 1.807) is 0 Å². The smallest absolute Gasteiger partial charge is 0.152 e. The molecule has 1 unspecified atom stereocenters. The van der Waals surface area contributed by atoms with Gasteiger partial charge in [-0.1, -0.05) is 39.0 Å². The Morgan fingerprint density at radius 3 is 2.70 bits per heavy atom. The van der Waals surface area contributed by atoms with Gasteiger partial charge in [0.1, 0.15) is 0 Å². The summed E-state index contributed by atoms with van der Waals surface area (Å²) < 4.78 is 0. The normalized spacial score (nSPS) is 13.0. The molecule has 2 rings (SSSR count). The molecule has 20 heavy (non-hydrogen) atoms. The molecule has 1 heterocycles. The molecule has 0 bridgehead atoms. The fourth-order valence-electron chi connectivity index (χ4n) is 2.46. The summed E-state index contributed by atoms with van der Waals surface area (Å²) in [5, 5.41) is 4.58. The predicted octanol–water partition coefficient (Wildman–Crippen LogP) is 3.30. The number of ketones is 1. The van der Waals surface area contributed by atoms with Gasteiger partial charge >= 0.3 is 0 Å². The SMILES string of the molecule is CCCNC(Cc1cc2ccccc2[nH]1)C(=O)C(C)C. The minimum atomic E-state index is -0.0944. The van der Waals surface area contributed by atoms with Crippen LogP contribution in [0.25, 0.3) is 10.9 Å². The van der Waals surface area contributed by atoms with Crippen molar-refractivity contribution in [2.24, 2.45) is 5.92 Å². The Morgan fingerprint density at radius 2 is 2.05 bits per heavy atom. The average molecular weight is 272 g/mol. The Morgan fingerprint density at radius 1 is 1.30 bits per heavy atom. The molecule has 2 aromatic rings. The van der Waals surface area contributed by atoms with E-state index in [9.17, 15) is 4.79 Å². The highest BCUT2D eigenvalue weighted by atomic mass is 16.1. The minimum Gasteiger partial charge on any atom is -0.358 e. The van der Waals surface area contributed by atoms with E-state index < -0.39 is 0 Å². The van der Waals surface area contributed by atoms with Gasteiger partial charge in [-0.15, -0.1) is 0 Å². The first-order chi connectivity index (χ1) is 9.61. The van der Waals surface area contributed by atoms with Crippen LogP contribution in [0.2, 0.25) is 0 Å². The molecule has 0 saturated carbocycles. The van der Waals surface area contributed by atoms with Crippen molar-refractivity contribution >= 4 is 16.7 Å². The van der Waals surface area contributed by atoms with Crippen LogP contribution in [0.4, 0.5) is 0 Å². The van der Waals surface area contributed by atoms with Crippen molar-refractivity contribution < 1.29 is 4.79 Å². The van der Waals surface area contributed by atoms with Crippen LogP contribution in [0, 0.1) is 5.92 Å². The summed E-state index contributed by atoms with van der Waals surface area (Å²) in [6, 6.07) is 10.3. The number of H-pyrrole nitrogens is 1. The molecule has 0 fully saturated rings. The van der Waals surface area contributed by atoms with Crippen molar-refractivity contribution in [2.45, 2.75) is 39.7 Å². The molecule has 0 spiro atoms. The fraction of sp³-hybridized carbons (Fsp3) is 0.471. The molecule has 0 aliphatic carbocycles. The number of para-hydroxylation sites is 1. The number of aromatic amines is 1. The molecule has 108 valence electrons. The van der Waals surface area contributed by atoms with Gasteiger partial charge in [0.15, 0.2) is 5.78 Å². The zero-order valence-electron chi connectivity index (χ0n) is 12.6. The Bertz CT molecular complexity index is 538. The van der Waals surface area contributed by atoms with Crippen LogP contribution >= 0.6 is 0 Å². The summed E-state index contributed by atoms with van der Waals surface area (Å²) in [5.74, 6) is 0.353. The molecule has 2 N–H and O–H groups in total. The van der Waals surface area contributed by atoms with Crippen molar-refractivity contribution in [2.75, 3.05) is 6.54 Å². The third-order valence-electron chi connectivity index (χ3n) is 3.56. The number of fused-ring (bicyclic) bond motifs is 1. The van der Waals surface area contributed by atoms with Crippen LogP contribution in [0.3, 0.4) is 0 Å². The van der Waals surface area contributed by atoms with Crippen molar-refractivity contribution in [1.29, 1.82) is 0 Å². The minimum absolute atomic E-state index is 0.0636. The molecule has 1 atom stereocenters. The first-order valence-corrected chi connectivity index (χ1v) is 7.45. The van der Waals surface area contributed by atoms with E-state index in [0.29, 0.717) is 0 Å². The van der Waals surface area contributed by atoms with Gasteiger partial charge in [0.05, 0.1) is 6.04 Å². The number of Topliss-reactive ketones (excluding diaryl/α,β-unsaturated/α-hetero) is 1. The third-order valence-corrected chi connectivity index (χ3v) is 3.56. The number of aromatic nitrogens is 1. The number of carbonyl (C=O) groups is 1. The summed E-state index contributed by atoms with van der Waals surface area (Å²) in [5.41, 5.74) is 2.25. The van der Waals surface area contributed by atoms with Crippen LogP contribution in [0.5, 0.6) is 0 Å². The summed E-state index contributed by atoms with van der Waals surface area (Å²) in [6.07, 6.45) is 1.76. The summed E-state index contributed by atoms with van der Waals surface area (Å²) >= 11 is 0. The van der Waals surface area contributed by atoms with Crippen molar-refractivity contribution in [1.82, 2.24) is 10.3 Å². The van der Waals surface area contributed by atoms with Gasteiger partial charge in [0.2, 0.25) is 0 Å². The van der Waals surface area contributed by atoms with Crippen LogP contribution < -0.4 is 5.32 Å². The molecule has 0 radical (unpaired) electrons. The number of benzene rings is 1. The highest BCUT2D eigenvalue weighted by molar-refractivity contribution is 5.86. The van der Waals surface area contributed by atoms with E-state index in [4.69, 9.17) is 0 Å². The van der Waals surface area contributed by atoms with Gasteiger partial charge in [-0.25, -0.2) is 0 Å². The monoisotopic (exact) mass is 272 g/mol. The molecule has 0 saturated heterocycles. The number of carbonyl (C=O) groups excluding carboxylic acids is 1. The van der Waals surface area contributed by atoms with Gasteiger partial charge in [-0.05, 0) is 30.5 Å². The standard InChI is InChI=1S/C17H24N2O/c1-4-9-18-16(17(20)12(2)3)11-14-10-13-7-5-6-8-15(13)19-14/h5-8,10,12,16,18-19H,4,9,11H2,1-3H3. The number of hydrogen-bond acceptors (Lipinski definition) is 2. The Balaban J connectivity index is 2.15. The van der Waals surface area contributed by atoms with Crippen molar-refractivity contribution in [3.05, 3.63) is 36.0 Å². The number of nitrogens with one attached hydrogen (secondary N) is 2. The first kappa shape index (κ1) is 14.8. The lowest BCUT2D eigenvalue weighted by molar-refractivity contribution is -0.123. The first-order valence-electron chi connectivity index (χ1n) is 7.45. The van der Waals surface area contributed by atoms with Crippen LogP contribution in [-0.2, 0) is 11.2 Å². The Labute approximate surface area is 120 Å². The van der Waals surface area contributed by atoms with E-state index >= 15 is 0 Å². The second-order valence-electron chi connectivity index (χ2n) is 5.65. The number of hydrogen-bond donors (Lipinski definition) is 2. The third kappa shape index (κ3) is 3.48. The molecule has 3 nitrogen and oxygen atoms in total. The molecule has 0 aliphatic rings. The quantitative estimate of drug-likeness (QED) is 0.812. The topological polar surface area (TPSA) is 44.9 Å². The summed E-state index contributed by atoms with van der Waals surface area (Å²) in [6.45, 7) is 6.93. The second-order valence-corrected chi connectivity index (χ2v) is 5.65. The Kier molecular flexibility index (Phi) is 4.96. The van der Waals surface area contributed by atoms with E-state index in [0.717, 1.165) is 30.6 Å². The van der Waals surface area contributed by atoms with Gasteiger partial charge in [0.25, 0.3) is 0 Å². The largest absolute Gasteiger partial charge is 0.358 e. The Hall–Kier alpha value is -1.61. The maximum Gasteiger partial charge on any atom is 0.152 e. The molecule has 1 aromatic heterocycles. The summed E-state index contributed by atoms with van der Waals surface area (Å²) in [4.78, 5) is 15.7. The number of rotatable bonds is 7. The lowest BCUT2D eigenvalue weighted by Crippen LogP contribution is -2.41. The van der Waals surface area contributed by atoms with Gasteiger partial charge in [0, 0.05) is 23.5 Å². The van der Waals surface area contributed by atoms with Gasteiger partial charge in [-0.2, -0.15) is 0 Å². The van der Waals surface area contributed by atoms with Crippen molar-refractivity contribution in [3.63, 3.8) is 0 Å². The van der Waals surface area contributed by atoms with Crippen LogP contribution in [-0.4, -0.2) is 23.4 Å². The second kappa shape index (κ2) is 6.71. The molecule has 1 aromatic carbocycles. The maximum atomic E-state index is 12.3. The molecule has 0 amide bonds.